The van der Waals surface area contributed by atoms with Crippen LogP contribution in [0.5, 0.6) is 17.8 Å². The molecule has 2 aromatic rings. The van der Waals surface area contributed by atoms with Crippen molar-refractivity contribution in [2.24, 2.45) is 0 Å². The number of benzene rings is 1. The van der Waals surface area contributed by atoms with Gasteiger partial charge in [-0.15, -0.1) is 4.98 Å². The van der Waals surface area contributed by atoms with E-state index in [1.165, 1.54) is 7.11 Å². The SMILES string of the molecule is CNc1nc(OC)nc(Oc2cc(Br)ccc2Cl)n1. The molecule has 0 fully saturated rings. The average Bonchev–Trinajstić information content (AvgIpc) is 2.42. The first kappa shape index (κ1) is 13.8. The van der Waals surface area contributed by atoms with Crippen molar-refractivity contribution in [3.8, 4) is 17.8 Å². The summed E-state index contributed by atoms with van der Waals surface area (Å²) in [5.41, 5.74) is 0. The van der Waals surface area contributed by atoms with Gasteiger partial charge in [-0.25, -0.2) is 0 Å². The molecule has 0 aliphatic heterocycles. The van der Waals surface area contributed by atoms with Crippen molar-refractivity contribution in [1.29, 1.82) is 0 Å². The summed E-state index contributed by atoms with van der Waals surface area (Å²) in [5, 5.41) is 3.24. The number of hydrogen-bond donors (Lipinski definition) is 1. The van der Waals surface area contributed by atoms with Crippen molar-refractivity contribution in [2.45, 2.75) is 0 Å². The van der Waals surface area contributed by atoms with Gasteiger partial charge >= 0.3 is 12.0 Å². The fourth-order valence-corrected chi connectivity index (χ4v) is 1.74. The molecule has 0 amide bonds. The third kappa shape index (κ3) is 3.45. The molecule has 0 radical (unpaired) electrons. The molecule has 100 valence electrons. The van der Waals surface area contributed by atoms with Gasteiger partial charge < -0.3 is 14.8 Å². The van der Waals surface area contributed by atoms with E-state index in [0.29, 0.717) is 16.7 Å². The highest BCUT2D eigenvalue weighted by Crippen LogP contribution is 2.31. The van der Waals surface area contributed by atoms with Crippen molar-refractivity contribution < 1.29 is 9.47 Å². The molecule has 1 aromatic heterocycles. The molecule has 1 aromatic carbocycles. The van der Waals surface area contributed by atoms with Gasteiger partial charge in [0.15, 0.2) is 5.75 Å². The molecule has 0 unspecified atom stereocenters. The summed E-state index contributed by atoms with van der Waals surface area (Å²) < 4.78 is 11.3. The van der Waals surface area contributed by atoms with Gasteiger partial charge in [-0.05, 0) is 18.2 Å². The summed E-state index contributed by atoms with van der Waals surface area (Å²) in [6.45, 7) is 0. The molecule has 0 aliphatic carbocycles. The summed E-state index contributed by atoms with van der Waals surface area (Å²) in [6, 6.07) is 5.48. The maximum absolute atomic E-state index is 6.03. The Balaban J connectivity index is 2.34. The van der Waals surface area contributed by atoms with E-state index in [0.717, 1.165) is 4.47 Å². The number of nitrogens with one attached hydrogen (secondary N) is 1. The molecular formula is C11H10BrClN4O2. The van der Waals surface area contributed by atoms with E-state index in [1.54, 1.807) is 19.2 Å². The number of halogens is 2. The maximum Gasteiger partial charge on any atom is 0.330 e. The average molecular weight is 346 g/mol. The van der Waals surface area contributed by atoms with Crippen LogP contribution in [0.4, 0.5) is 5.95 Å². The summed E-state index contributed by atoms with van der Waals surface area (Å²) in [4.78, 5) is 12.0. The van der Waals surface area contributed by atoms with E-state index in [4.69, 9.17) is 21.1 Å². The molecule has 1 N–H and O–H groups in total. The zero-order valence-corrected chi connectivity index (χ0v) is 12.5. The van der Waals surface area contributed by atoms with Crippen LogP contribution in [-0.4, -0.2) is 29.1 Å². The van der Waals surface area contributed by atoms with Gasteiger partial charge in [0.2, 0.25) is 5.95 Å². The molecule has 0 saturated heterocycles. The predicted octanol–water partition coefficient (Wildman–Crippen LogP) is 3.13. The highest BCUT2D eigenvalue weighted by Gasteiger charge is 2.10. The third-order valence-corrected chi connectivity index (χ3v) is 2.90. The summed E-state index contributed by atoms with van der Waals surface area (Å²) >= 11 is 9.37. The van der Waals surface area contributed by atoms with Crippen LogP contribution in [0.1, 0.15) is 0 Å². The fourth-order valence-electron chi connectivity index (χ4n) is 1.24. The van der Waals surface area contributed by atoms with Crippen LogP contribution in [0.15, 0.2) is 22.7 Å². The maximum atomic E-state index is 6.03. The predicted molar refractivity (Wildman–Crippen MR) is 75.2 cm³/mol. The van der Waals surface area contributed by atoms with E-state index < -0.39 is 0 Å². The number of aromatic nitrogens is 3. The lowest BCUT2D eigenvalue weighted by atomic mass is 10.3. The van der Waals surface area contributed by atoms with E-state index in [1.807, 2.05) is 6.07 Å². The second-order valence-corrected chi connectivity index (χ2v) is 4.68. The number of hydrogen-bond acceptors (Lipinski definition) is 6. The second kappa shape index (κ2) is 6.03. The van der Waals surface area contributed by atoms with E-state index in [-0.39, 0.29) is 12.0 Å². The molecule has 0 aliphatic rings. The Morgan fingerprint density at radius 3 is 2.63 bits per heavy atom. The minimum Gasteiger partial charge on any atom is -0.467 e. The van der Waals surface area contributed by atoms with Gasteiger partial charge in [-0.1, -0.05) is 27.5 Å². The number of anilines is 1. The van der Waals surface area contributed by atoms with Crippen molar-refractivity contribution in [3.05, 3.63) is 27.7 Å². The Morgan fingerprint density at radius 1 is 1.21 bits per heavy atom. The Morgan fingerprint density at radius 2 is 1.95 bits per heavy atom. The van der Waals surface area contributed by atoms with E-state index >= 15 is 0 Å². The lowest BCUT2D eigenvalue weighted by Crippen LogP contribution is -2.03. The van der Waals surface area contributed by atoms with Gasteiger partial charge in [0, 0.05) is 11.5 Å². The number of nitrogens with zero attached hydrogens (tertiary/aromatic N) is 3. The molecule has 0 saturated carbocycles. The first-order valence-electron chi connectivity index (χ1n) is 5.23. The fraction of sp³-hybridized carbons (Fsp3) is 0.182. The molecule has 2 rings (SSSR count). The first-order valence-corrected chi connectivity index (χ1v) is 6.40. The van der Waals surface area contributed by atoms with Crippen LogP contribution < -0.4 is 14.8 Å². The molecule has 6 nitrogen and oxygen atoms in total. The van der Waals surface area contributed by atoms with Gasteiger partial charge in [0.1, 0.15) is 0 Å². The highest BCUT2D eigenvalue weighted by atomic mass is 79.9. The standard InChI is InChI=1S/C11H10BrClN4O2/c1-14-9-15-10(18-2)17-11(16-9)19-8-5-6(12)3-4-7(8)13/h3-5H,1-2H3,(H,14,15,16,17). The van der Waals surface area contributed by atoms with Gasteiger partial charge in [0.05, 0.1) is 12.1 Å². The monoisotopic (exact) mass is 344 g/mol. The van der Waals surface area contributed by atoms with Gasteiger partial charge in [-0.3, -0.25) is 0 Å². The zero-order valence-electron chi connectivity index (χ0n) is 10.1. The lowest BCUT2D eigenvalue weighted by molar-refractivity contribution is 0.360. The Bertz CT molecular complexity index is 575. The van der Waals surface area contributed by atoms with Crippen LogP contribution in [-0.2, 0) is 0 Å². The molecule has 0 atom stereocenters. The number of rotatable bonds is 4. The Hall–Kier alpha value is -1.60. The quantitative estimate of drug-likeness (QED) is 0.918. The topological polar surface area (TPSA) is 69.2 Å². The second-order valence-electron chi connectivity index (χ2n) is 3.36. The number of ether oxygens (including phenoxy) is 2. The van der Waals surface area contributed by atoms with Crippen LogP contribution in [0.3, 0.4) is 0 Å². The van der Waals surface area contributed by atoms with Crippen LogP contribution in [0.2, 0.25) is 5.02 Å². The first-order chi connectivity index (χ1) is 9.12. The summed E-state index contributed by atoms with van der Waals surface area (Å²) in [5.74, 6) is 0.777. The summed E-state index contributed by atoms with van der Waals surface area (Å²) in [7, 11) is 3.15. The molecule has 0 bridgehead atoms. The zero-order chi connectivity index (χ0) is 13.8. The van der Waals surface area contributed by atoms with Crippen LogP contribution in [0.25, 0.3) is 0 Å². The van der Waals surface area contributed by atoms with Crippen molar-refractivity contribution in [2.75, 3.05) is 19.5 Å². The van der Waals surface area contributed by atoms with E-state index in [9.17, 15) is 0 Å². The van der Waals surface area contributed by atoms with Crippen molar-refractivity contribution in [1.82, 2.24) is 15.0 Å². The molecule has 19 heavy (non-hydrogen) atoms. The highest BCUT2D eigenvalue weighted by molar-refractivity contribution is 9.10. The van der Waals surface area contributed by atoms with Crippen molar-refractivity contribution in [3.63, 3.8) is 0 Å². The van der Waals surface area contributed by atoms with Crippen LogP contribution in [0, 0.1) is 0 Å². The third-order valence-electron chi connectivity index (χ3n) is 2.10. The Labute approximate surface area is 123 Å². The Kier molecular flexibility index (Phi) is 4.39. The minimum absolute atomic E-state index is 0.0937. The minimum atomic E-state index is 0.0937. The van der Waals surface area contributed by atoms with E-state index in [2.05, 4.69) is 36.2 Å². The van der Waals surface area contributed by atoms with Crippen molar-refractivity contribution >= 4 is 33.5 Å². The normalized spacial score (nSPS) is 10.1. The lowest BCUT2D eigenvalue weighted by Gasteiger charge is -2.08. The molecular weight excluding hydrogens is 336 g/mol. The van der Waals surface area contributed by atoms with Gasteiger partial charge in [0.25, 0.3) is 0 Å². The molecule has 8 heteroatoms. The molecule has 1 heterocycles. The smallest absolute Gasteiger partial charge is 0.330 e. The largest absolute Gasteiger partial charge is 0.467 e. The molecule has 0 spiro atoms. The van der Waals surface area contributed by atoms with Crippen LogP contribution >= 0.6 is 27.5 Å². The number of methoxy groups -OCH3 is 1. The van der Waals surface area contributed by atoms with Gasteiger partial charge in [-0.2, -0.15) is 9.97 Å². The summed E-state index contributed by atoms with van der Waals surface area (Å²) in [6.07, 6.45) is 0.